The van der Waals surface area contributed by atoms with Gasteiger partial charge in [0.15, 0.2) is 0 Å². The summed E-state index contributed by atoms with van der Waals surface area (Å²) in [5.41, 5.74) is 11.8. The van der Waals surface area contributed by atoms with Gasteiger partial charge >= 0.3 is 0 Å². The maximum absolute atomic E-state index is 13.2. The molecule has 5 aromatic rings. The molecule has 2 saturated heterocycles. The van der Waals surface area contributed by atoms with Crippen LogP contribution >= 0.6 is 0 Å². The SMILES string of the molecule is Nc1nccn2c([C@@H]3CCCN3CCCCCCCNc3cccc4c3CN(C3CCC(=O)NC3=O)C4=O)nc(-c3ccc(C(=O)Nc4ccccn4)cc3)c12. The molecule has 6 heterocycles. The maximum atomic E-state index is 13.2. The van der Waals surface area contributed by atoms with Crippen molar-refractivity contribution in [3.05, 3.63) is 102 Å². The normalized spacial score (nSPS) is 18.4. The van der Waals surface area contributed by atoms with Crippen LogP contribution in [0.2, 0.25) is 0 Å². The lowest BCUT2D eigenvalue weighted by Crippen LogP contribution is -2.52. The van der Waals surface area contributed by atoms with E-state index in [1.165, 1.54) is 0 Å². The number of hydrogen-bond acceptors (Lipinski definition) is 10. The number of nitrogen functional groups attached to an aromatic ring is 1. The van der Waals surface area contributed by atoms with Crippen molar-refractivity contribution < 1.29 is 19.2 Å². The fraction of sp³-hybridized carbons (Fsp3) is 0.357. The molecule has 5 N–H and O–H groups in total. The molecule has 2 aromatic carbocycles. The third-order valence-electron chi connectivity index (χ3n) is 11.1. The standard InChI is InChI=1S/C42H46N10O4/c43-38-37-36(27-14-16-28(17-15-27)40(54)47-34-13-4-6-21-45-34)49-39(51(37)25-22-46-38)32-12-9-24-50(32)23-7-3-1-2-5-20-44-31-11-8-10-29-30(31)26-52(42(29)56)33-18-19-35(53)48-41(33)55/h4,6,8,10-11,13-17,21-22,25,32-33,44H,1-3,5,7,9,12,18-20,23-24,26H2,(H2,43,46)(H,45,47,54)(H,48,53,55)/t32-,33?/m0/s1. The van der Waals surface area contributed by atoms with Gasteiger partial charge in [0.05, 0.1) is 6.04 Å². The van der Waals surface area contributed by atoms with E-state index in [2.05, 4.69) is 35.2 Å². The summed E-state index contributed by atoms with van der Waals surface area (Å²) in [5.74, 6) is 0.792. The Bertz CT molecular complexity index is 2260. The Labute approximate surface area is 324 Å². The van der Waals surface area contributed by atoms with Crippen molar-refractivity contribution in [2.24, 2.45) is 0 Å². The van der Waals surface area contributed by atoms with E-state index in [0.29, 0.717) is 35.7 Å². The molecule has 2 atom stereocenters. The molecule has 0 bridgehead atoms. The van der Waals surface area contributed by atoms with E-state index in [-0.39, 0.29) is 30.2 Å². The number of pyridine rings is 1. The number of rotatable bonds is 14. The fourth-order valence-corrected chi connectivity index (χ4v) is 8.26. The van der Waals surface area contributed by atoms with Crippen LogP contribution in [0.1, 0.15) is 95.9 Å². The smallest absolute Gasteiger partial charge is 0.256 e. The van der Waals surface area contributed by atoms with Crippen LogP contribution in [0.25, 0.3) is 16.8 Å². The minimum Gasteiger partial charge on any atom is -0.385 e. The first kappa shape index (κ1) is 36.8. The van der Waals surface area contributed by atoms with Crippen molar-refractivity contribution >= 4 is 46.5 Å². The molecule has 8 rings (SSSR count). The van der Waals surface area contributed by atoms with Crippen LogP contribution in [-0.4, -0.2) is 78.5 Å². The van der Waals surface area contributed by atoms with Crippen LogP contribution in [0.4, 0.5) is 17.3 Å². The van der Waals surface area contributed by atoms with Crippen molar-refractivity contribution in [1.82, 2.24) is 34.5 Å². The Hall–Kier alpha value is -6.15. The molecule has 1 unspecified atom stereocenters. The number of amides is 4. The van der Waals surface area contributed by atoms with Crippen LogP contribution in [0.15, 0.2) is 79.3 Å². The zero-order chi connectivity index (χ0) is 38.6. The van der Waals surface area contributed by atoms with Crippen LogP contribution in [0, 0.1) is 0 Å². The summed E-state index contributed by atoms with van der Waals surface area (Å²) in [5, 5.41) is 8.73. The van der Waals surface area contributed by atoms with E-state index in [1.807, 2.05) is 42.6 Å². The highest BCUT2D eigenvalue weighted by Gasteiger charge is 2.40. The molecule has 288 valence electrons. The number of aromatic nitrogens is 4. The highest BCUT2D eigenvalue weighted by molar-refractivity contribution is 6.06. The average Bonchev–Trinajstić information content (AvgIpc) is 3.93. The van der Waals surface area contributed by atoms with Crippen LogP contribution in [0.3, 0.4) is 0 Å². The molecule has 3 aliphatic heterocycles. The number of likely N-dealkylation sites (tertiary alicyclic amines) is 1. The summed E-state index contributed by atoms with van der Waals surface area (Å²) in [4.78, 5) is 68.0. The van der Waals surface area contributed by atoms with Crippen molar-refractivity contribution in [1.29, 1.82) is 0 Å². The van der Waals surface area contributed by atoms with E-state index in [0.717, 1.165) is 98.4 Å². The second-order valence-electron chi connectivity index (χ2n) is 14.7. The highest BCUT2D eigenvalue weighted by atomic mass is 16.2. The van der Waals surface area contributed by atoms with Gasteiger partial charge in [-0.2, -0.15) is 0 Å². The molecule has 14 nitrogen and oxygen atoms in total. The molecule has 0 aliphatic carbocycles. The van der Waals surface area contributed by atoms with Gasteiger partial charge in [-0.05, 0) is 81.6 Å². The topological polar surface area (TPSA) is 180 Å². The number of carbonyl (C=O) groups excluding carboxylic acids is 4. The van der Waals surface area contributed by atoms with Gasteiger partial charge in [-0.15, -0.1) is 0 Å². The Kier molecular flexibility index (Phi) is 10.7. The van der Waals surface area contributed by atoms with Gasteiger partial charge in [0.25, 0.3) is 11.8 Å². The third-order valence-corrected chi connectivity index (χ3v) is 11.1. The predicted octanol–water partition coefficient (Wildman–Crippen LogP) is 5.59. The number of nitrogens with one attached hydrogen (secondary N) is 3. The zero-order valence-corrected chi connectivity index (χ0v) is 31.2. The van der Waals surface area contributed by atoms with Gasteiger partial charge in [-0.1, -0.05) is 43.5 Å². The number of imide groups is 1. The molecule has 0 spiro atoms. The second kappa shape index (κ2) is 16.3. The van der Waals surface area contributed by atoms with Crippen LogP contribution in [0.5, 0.6) is 0 Å². The molecular weight excluding hydrogens is 709 g/mol. The number of piperidine rings is 1. The first-order valence-electron chi connectivity index (χ1n) is 19.6. The minimum atomic E-state index is -0.617. The number of unbranched alkanes of at least 4 members (excludes halogenated alkanes) is 4. The number of nitrogens with zero attached hydrogens (tertiary/aromatic N) is 6. The first-order chi connectivity index (χ1) is 27.4. The quantitative estimate of drug-likeness (QED) is 0.0825. The van der Waals surface area contributed by atoms with Crippen molar-refractivity contribution in [2.75, 3.05) is 36.0 Å². The van der Waals surface area contributed by atoms with E-state index in [4.69, 9.17) is 10.7 Å². The van der Waals surface area contributed by atoms with Crippen molar-refractivity contribution in [3.63, 3.8) is 0 Å². The highest BCUT2D eigenvalue weighted by Crippen LogP contribution is 2.37. The van der Waals surface area contributed by atoms with Crippen molar-refractivity contribution in [2.45, 2.75) is 76.4 Å². The summed E-state index contributed by atoms with van der Waals surface area (Å²) in [6.45, 7) is 3.17. The molecule has 0 radical (unpaired) electrons. The van der Waals surface area contributed by atoms with E-state index < -0.39 is 11.9 Å². The number of anilines is 3. The number of imidazole rings is 1. The minimum absolute atomic E-state index is 0.157. The Morgan fingerprint density at radius 1 is 0.893 bits per heavy atom. The van der Waals surface area contributed by atoms with Gasteiger partial charge < -0.3 is 21.3 Å². The second-order valence-corrected chi connectivity index (χ2v) is 14.7. The average molecular weight is 755 g/mol. The summed E-state index contributed by atoms with van der Waals surface area (Å²) in [6.07, 6.45) is 13.5. The van der Waals surface area contributed by atoms with Crippen molar-refractivity contribution in [3.8, 4) is 11.3 Å². The predicted molar refractivity (Wildman–Crippen MR) is 213 cm³/mol. The number of nitrogens with two attached hydrogens (primary N) is 1. The van der Waals surface area contributed by atoms with Gasteiger partial charge in [0.2, 0.25) is 11.8 Å². The Morgan fingerprint density at radius 2 is 1.73 bits per heavy atom. The number of carbonyl (C=O) groups is 4. The van der Waals surface area contributed by atoms with Gasteiger partial charge in [-0.3, -0.25) is 33.8 Å². The maximum Gasteiger partial charge on any atom is 0.256 e. The largest absolute Gasteiger partial charge is 0.385 e. The van der Waals surface area contributed by atoms with Gasteiger partial charge in [0.1, 0.15) is 34.7 Å². The molecule has 3 aliphatic rings. The van der Waals surface area contributed by atoms with E-state index in [1.54, 1.807) is 41.6 Å². The molecule has 56 heavy (non-hydrogen) atoms. The summed E-state index contributed by atoms with van der Waals surface area (Å²) >= 11 is 0. The van der Waals surface area contributed by atoms with Crippen LogP contribution < -0.4 is 21.7 Å². The molecule has 14 heteroatoms. The Balaban J connectivity index is 0.829. The molecule has 0 saturated carbocycles. The van der Waals surface area contributed by atoms with Crippen LogP contribution in [-0.2, 0) is 16.1 Å². The third kappa shape index (κ3) is 7.56. The zero-order valence-electron chi connectivity index (χ0n) is 31.2. The number of benzene rings is 2. The molecule has 4 amide bonds. The summed E-state index contributed by atoms with van der Waals surface area (Å²) in [7, 11) is 0. The first-order valence-corrected chi connectivity index (χ1v) is 19.6. The lowest BCUT2D eigenvalue weighted by atomic mass is 10.0. The summed E-state index contributed by atoms with van der Waals surface area (Å²) < 4.78 is 2.08. The summed E-state index contributed by atoms with van der Waals surface area (Å²) in [6, 6.07) is 18.0. The number of hydrogen-bond donors (Lipinski definition) is 4. The Morgan fingerprint density at radius 3 is 2.55 bits per heavy atom. The van der Waals surface area contributed by atoms with Gasteiger partial charge in [0, 0.05) is 66.0 Å². The van der Waals surface area contributed by atoms with E-state index >= 15 is 0 Å². The number of fused-ring (bicyclic) bond motifs is 2. The van der Waals surface area contributed by atoms with Gasteiger partial charge in [-0.25, -0.2) is 15.0 Å². The monoisotopic (exact) mass is 754 g/mol. The molecule has 2 fully saturated rings. The molecular formula is C42H46N10O4. The lowest BCUT2D eigenvalue weighted by Gasteiger charge is -2.29. The van der Waals surface area contributed by atoms with E-state index in [9.17, 15) is 19.2 Å². The molecule has 3 aromatic heterocycles. The fourth-order valence-electron chi connectivity index (χ4n) is 8.26. The lowest BCUT2D eigenvalue weighted by molar-refractivity contribution is -0.136.